The standard InChI is InChI=1S/C12H16N2O3/c13-11(15)6-7-14-8-10(12(16)17)9-4-2-1-3-5-9/h1-5,10,14H,6-8H2,(H2,13,15)(H,16,17). The van der Waals surface area contributed by atoms with E-state index in [2.05, 4.69) is 5.32 Å². The molecule has 1 unspecified atom stereocenters. The van der Waals surface area contributed by atoms with Gasteiger partial charge in [0, 0.05) is 19.5 Å². The summed E-state index contributed by atoms with van der Waals surface area (Å²) in [5.41, 5.74) is 5.73. The largest absolute Gasteiger partial charge is 0.481 e. The Morgan fingerprint density at radius 2 is 1.94 bits per heavy atom. The molecule has 1 rings (SSSR count). The molecule has 0 spiro atoms. The molecule has 0 saturated carbocycles. The third-order valence-electron chi connectivity index (χ3n) is 2.40. The molecule has 0 radical (unpaired) electrons. The molecule has 1 atom stereocenters. The fourth-order valence-electron chi connectivity index (χ4n) is 1.49. The second-order valence-corrected chi connectivity index (χ2v) is 3.72. The maximum atomic E-state index is 11.1. The van der Waals surface area contributed by atoms with Crippen molar-refractivity contribution in [2.75, 3.05) is 13.1 Å². The van der Waals surface area contributed by atoms with Crippen LogP contribution >= 0.6 is 0 Å². The summed E-state index contributed by atoms with van der Waals surface area (Å²) < 4.78 is 0. The number of carboxylic acid groups (broad SMARTS) is 1. The lowest BCUT2D eigenvalue weighted by Gasteiger charge is -2.13. The van der Waals surface area contributed by atoms with Gasteiger partial charge in [-0.1, -0.05) is 30.3 Å². The number of rotatable bonds is 7. The quantitative estimate of drug-likeness (QED) is 0.594. The van der Waals surface area contributed by atoms with Crippen molar-refractivity contribution in [2.45, 2.75) is 12.3 Å². The Balaban J connectivity index is 2.51. The first kappa shape index (κ1) is 13.2. The van der Waals surface area contributed by atoms with Crippen molar-refractivity contribution in [3.63, 3.8) is 0 Å². The Labute approximate surface area is 99.6 Å². The first-order valence-corrected chi connectivity index (χ1v) is 5.38. The Bertz CT molecular complexity index is 379. The first-order valence-electron chi connectivity index (χ1n) is 5.38. The number of nitrogens with one attached hydrogen (secondary N) is 1. The summed E-state index contributed by atoms with van der Waals surface area (Å²) in [6.45, 7) is 0.679. The van der Waals surface area contributed by atoms with Gasteiger partial charge >= 0.3 is 5.97 Å². The second-order valence-electron chi connectivity index (χ2n) is 3.72. The van der Waals surface area contributed by atoms with Crippen molar-refractivity contribution in [1.29, 1.82) is 0 Å². The van der Waals surface area contributed by atoms with E-state index in [1.165, 1.54) is 0 Å². The summed E-state index contributed by atoms with van der Waals surface area (Å²) in [4.78, 5) is 21.6. The van der Waals surface area contributed by atoms with Crippen LogP contribution in [-0.4, -0.2) is 30.1 Å². The minimum atomic E-state index is -0.886. The number of aliphatic carboxylic acids is 1. The maximum Gasteiger partial charge on any atom is 0.312 e. The van der Waals surface area contributed by atoms with Crippen LogP contribution in [0.5, 0.6) is 0 Å². The van der Waals surface area contributed by atoms with Crippen molar-refractivity contribution in [3.8, 4) is 0 Å². The molecule has 17 heavy (non-hydrogen) atoms. The van der Waals surface area contributed by atoms with Gasteiger partial charge in [-0.2, -0.15) is 0 Å². The number of primary amides is 1. The molecule has 0 aliphatic rings. The molecule has 5 heteroatoms. The molecule has 1 amide bonds. The molecule has 1 aromatic rings. The Hall–Kier alpha value is -1.88. The molecule has 4 N–H and O–H groups in total. The minimum Gasteiger partial charge on any atom is -0.481 e. The van der Waals surface area contributed by atoms with Crippen molar-refractivity contribution in [3.05, 3.63) is 35.9 Å². The Kier molecular flexibility index (Phi) is 5.16. The highest BCUT2D eigenvalue weighted by Gasteiger charge is 2.18. The average molecular weight is 236 g/mol. The minimum absolute atomic E-state index is 0.209. The highest BCUT2D eigenvalue weighted by atomic mass is 16.4. The number of amides is 1. The van der Waals surface area contributed by atoms with Gasteiger partial charge in [0.2, 0.25) is 5.91 Å². The predicted molar refractivity (Wildman–Crippen MR) is 63.5 cm³/mol. The van der Waals surface area contributed by atoms with Crippen LogP contribution in [-0.2, 0) is 9.59 Å². The van der Waals surface area contributed by atoms with Crippen LogP contribution < -0.4 is 11.1 Å². The number of benzene rings is 1. The number of carboxylic acids is 1. The zero-order valence-electron chi connectivity index (χ0n) is 9.43. The molecule has 0 aliphatic heterocycles. The monoisotopic (exact) mass is 236 g/mol. The number of hydrogen-bond acceptors (Lipinski definition) is 3. The number of carbonyl (C=O) groups excluding carboxylic acids is 1. The fourth-order valence-corrected chi connectivity index (χ4v) is 1.49. The SMILES string of the molecule is NC(=O)CCNCC(C(=O)O)c1ccccc1. The molecule has 0 bridgehead atoms. The molecule has 92 valence electrons. The summed E-state index contributed by atoms with van der Waals surface area (Å²) in [6.07, 6.45) is 0.209. The van der Waals surface area contributed by atoms with Crippen LogP contribution in [0.3, 0.4) is 0 Å². The van der Waals surface area contributed by atoms with Gasteiger partial charge < -0.3 is 16.2 Å². The molecular weight excluding hydrogens is 220 g/mol. The van der Waals surface area contributed by atoms with Gasteiger partial charge in [-0.25, -0.2) is 0 Å². The Morgan fingerprint density at radius 3 is 2.47 bits per heavy atom. The van der Waals surface area contributed by atoms with Gasteiger partial charge in [0.25, 0.3) is 0 Å². The fraction of sp³-hybridized carbons (Fsp3) is 0.333. The van der Waals surface area contributed by atoms with Crippen LogP contribution in [0.25, 0.3) is 0 Å². The molecule has 1 aromatic carbocycles. The van der Waals surface area contributed by atoms with E-state index >= 15 is 0 Å². The van der Waals surface area contributed by atoms with E-state index in [4.69, 9.17) is 10.8 Å². The maximum absolute atomic E-state index is 11.1. The summed E-state index contributed by atoms with van der Waals surface area (Å²) in [7, 11) is 0. The highest BCUT2D eigenvalue weighted by molar-refractivity contribution is 5.76. The lowest BCUT2D eigenvalue weighted by Crippen LogP contribution is -2.29. The summed E-state index contributed by atoms with van der Waals surface area (Å²) in [5, 5.41) is 12.0. The van der Waals surface area contributed by atoms with Crippen molar-refractivity contribution >= 4 is 11.9 Å². The smallest absolute Gasteiger partial charge is 0.312 e. The van der Waals surface area contributed by atoms with E-state index < -0.39 is 17.8 Å². The van der Waals surface area contributed by atoms with Crippen molar-refractivity contribution < 1.29 is 14.7 Å². The average Bonchev–Trinajstić information content (AvgIpc) is 2.29. The second kappa shape index (κ2) is 6.65. The summed E-state index contributed by atoms with van der Waals surface area (Å²) >= 11 is 0. The van der Waals surface area contributed by atoms with Crippen LogP contribution in [0.4, 0.5) is 0 Å². The van der Waals surface area contributed by atoms with Crippen molar-refractivity contribution in [2.24, 2.45) is 5.73 Å². The Morgan fingerprint density at radius 1 is 1.29 bits per heavy atom. The third-order valence-corrected chi connectivity index (χ3v) is 2.40. The topological polar surface area (TPSA) is 92.4 Å². The van der Waals surface area contributed by atoms with Gasteiger partial charge in [-0.3, -0.25) is 9.59 Å². The number of hydrogen-bond donors (Lipinski definition) is 3. The van der Waals surface area contributed by atoms with Crippen LogP contribution in [0.1, 0.15) is 17.9 Å². The van der Waals surface area contributed by atoms with Gasteiger partial charge in [0.1, 0.15) is 0 Å². The van der Waals surface area contributed by atoms with E-state index in [9.17, 15) is 9.59 Å². The van der Waals surface area contributed by atoms with Gasteiger partial charge in [-0.05, 0) is 5.56 Å². The molecular formula is C12H16N2O3. The van der Waals surface area contributed by atoms with Crippen LogP contribution in [0.2, 0.25) is 0 Å². The molecule has 0 aliphatic carbocycles. The van der Waals surface area contributed by atoms with E-state index in [1.807, 2.05) is 6.07 Å². The lowest BCUT2D eigenvalue weighted by molar-refractivity contribution is -0.138. The van der Waals surface area contributed by atoms with Crippen LogP contribution in [0.15, 0.2) is 30.3 Å². The normalized spacial score (nSPS) is 12.0. The van der Waals surface area contributed by atoms with Gasteiger partial charge in [-0.15, -0.1) is 0 Å². The van der Waals surface area contributed by atoms with E-state index in [0.29, 0.717) is 6.54 Å². The molecule has 5 nitrogen and oxygen atoms in total. The lowest BCUT2D eigenvalue weighted by atomic mass is 9.99. The van der Waals surface area contributed by atoms with Gasteiger partial charge in [0.05, 0.1) is 5.92 Å². The van der Waals surface area contributed by atoms with E-state index in [0.717, 1.165) is 5.56 Å². The summed E-state index contributed by atoms with van der Waals surface area (Å²) in [6, 6.07) is 8.98. The molecule has 0 saturated heterocycles. The molecule has 0 fully saturated rings. The van der Waals surface area contributed by atoms with E-state index in [1.54, 1.807) is 24.3 Å². The summed E-state index contributed by atoms with van der Waals surface area (Å²) in [5.74, 6) is -1.89. The predicted octanol–water partition coefficient (Wildman–Crippen LogP) is 0.320. The highest BCUT2D eigenvalue weighted by Crippen LogP contribution is 2.14. The zero-order chi connectivity index (χ0) is 12.7. The van der Waals surface area contributed by atoms with Crippen LogP contribution in [0, 0.1) is 0 Å². The first-order chi connectivity index (χ1) is 8.11. The van der Waals surface area contributed by atoms with Gasteiger partial charge in [0.15, 0.2) is 0 Å². The van der Waals surface area contributed by atoms with E-state index in [-0.39, 0.29) is 13.0 Å². The third kappa shape index (κ3) is 4.65. The molecule has 0 aromatic heterocycles. The number of carbonyl (C=O) groups is 2. The molecule has 0 heterocycles. The zero-order valence-corrected chi connectivity index (χ0v) is 9.43. The van der Waals surface area contributed by atoms with Crippen molar-refractivity contribution in [1.82, 2.24) is 5.32 Å². The number of nitrogens with two attached hydrogens (primary N) is 1.